The van der Waals surface area contributed by atoms with Gasteiger partial charge in [0, 0.05) is 23.7 Å². The molecule has 0 radical (unpaired) electrons. The minimum atomic E-state index is -4.53. The summed E-state index contributed by atoms with van der Waals surface area (Å²) in [5.74, 6) is -1.30. The van der Waals surface area contributed by atoms with E-state index in [4.69, 9.17) is 10.1 Å². The van der Waals surface area contributed by atoms with Gasteiger partial charge in [0.2, 0.25) is 0 Å². The number of halogens is 3. The van der Waals surface area contributed by atoms with E-state index in [1.807, 2.05) is 0 Å². The first-order valence-electron chi connectivity index (χ1n) is 14.3. The number of aliphatic carboxylic acids is 1. The van der Waals surface area contributed by atoms with Crippen molar-refractivity contribution in [2.24, 2.45) is 16.3 Å². The Balaban J connectivity index is 1.53. The zero-order valence-corrected chi connectivity index (χ0v) is 24.4. The normalized spacial score (nSPS) is 21.8. The van der Waals surface area contributed by atoms with Crippen LogP contribution >= 0.6 is 0 Å². The van der Waals surface area contributed by atoms with Crippen molar-refractivity contribution >= 4 is 23.5 Å². The number of aliphatic imine (C=N–C) groups is 1. The van der Waals surface area contributed by atoms with Gasteiger partial charge in [-0.3, -0.25) is 19.4 Å². The number of rotatable bonds is 8. The molecule has 1 saturated carbocycles. The van der Waals surface area contributed by atoms with Gasteiger partial charge in [-0.1, -0.05) is 45.0 Å². The van der Waals surface area contributed by atoms with Crippen molar-refractivity contribution in [1.29, 1.82) is 0 Å². The van der Waals surface area contributed by atoms with Crippen molar-refractivity contribution in [3.8, 4) is 0 Å². The van der Waals surface area contributed by atoms with Gasteiger partial charge in [-0.25, -0.2) is 0 Å². The number of carboxylic acids is 1. The van der Waals surface area contributed by atoms with E-state index < -0.39 is 29.4 Å². The third-order valence-electron chi connectivity index (χ3n) is 8.44. The molecule has 2 aromatic rings. The van der Waals surface area contributed by atoms with Crippen molar-refractivity contribution in [1.82, 2.24) is 10.2 Å². The van der Waals surface area contributed by atoms with E-state index in [0.29, 0.717) is 37.3 Å². The number of alkyl halides is 3. The lowest BCUT2D eigenvalue weighted by Gasteiger charge is -2.45. The smallest absolute Gasteiger partial charge is 0.416 e. The summed E-state index contributed by atoms with van der Waals surface area (Å²) >= 11 is 0. The fourth-order valence-corrected chi connectivity index (χ4v) is 5.99. The molecule has 0 saturated heterocycles. The molecule has 0 aromatic heterocycles. The van der Waals surface area contributed by atoms with Gasteiger partial charge in [-0.05, 0) is 80.2 Å². The van der Waals surface area contributed by atoms with Gasteiger partial charge < -0.3 is 15.3 Å². The van der Waals surface area contributed by atoms with Crippen LogP contribution in [0.25, 0.3) is 0 Å². The summed E-state index contributed by atoms with van der Waals surface area (Å²) in [6.45, 7) is 8.53. The highest BCUT2D eigenvalue weighted by atomic mass is 19.4. The minimum absolute atomic E-state index is 0.0674. The number of carboxylic acid groups (broad SMARTS) is 1. The van der Waals surface area contributed by atoms with Crippen LogP contribution in [0.5, 0.6) is 0 Å². The van der Waals surface area contributed by atoms with Gasteiger partial charge in [0.1, 0.15) is 11.4 Å². The number of benzene rings is 2. The second kappa shape index (κ2) is 11.9. The number of hydrogen-bond acceptors (Lipinski definition) is 4. The fourth-order valence-electron chi connectivity index (χ4n) is 5.99. The third-order valence-corrected chi connectivity index (χ3v) is 8.44. The monoisotopic (exact) mass is 585 g/mol. The number of amides is 2. The summed E-state index contributed by atoms with van der Waals surface area (Å²) in [7, 11) is 0. The maximum atomic E-state index is 13.8. The Morgan fingerprint density at radius 3 is 2.31 bits per heavy atom. The SMILES string of the molecule is C[C@H](CC(=O)O)NC(=O)c1ccc(CCN2C(=O)C(c3cccc(C(F)(F)F)c3)=NC23CCC(C(C)(C)C)CC3)cc1. The molecule has 1 aliphatic heterocycles. The Morgan fingerprint density at radius 1 is 1.10 bits per heavy atom. The molecule has 42 heavy (non-hydrogen) atoms. The summed E-state index contributed by atoms with van der Waals surface area (Å²) in [5, 5.41) is 11.6. The van der Waals surface area contributed by atoms with Gasteiger partial charge in [0.25, 0.3) is 11.8 Å². The topological polar surface area (TPSA) is 99.1 Å². The van der Waals surface area contributed by atoms with Gasteiger partial charge in [-0.15, -0.1) is 0 Å². The first-order valence-corrected chi connectivity index (χ1v) is 14.3. The molecule has 1 heterocycles. The van der Waals surface area contributed by atoms with Crippen LogP contribution in [0.15, 0.2) is 53.5 Å². The van der Waals surface area contributed by atoms with Crippen molar-refractivity contribution in [2.45, 2.75) is 84.1 Å². The maximum Gasteiger partial charge on any atom is 0.416 e. The lowest BCUT2D eigenvalue weighted by atomic mass is 9.69. The molecule has 10 heteroatoms. The molecule has 1 aliphatic carbocycles. The second-order valence-corrected chi connectivity index (χ2v) is 12.5. The average Bonchev–Trinajstić information content (AvgIpc) is 3.17. The number of carbonyl (C=O) groups excluding carboxylic acids is 2. The summed E-state index contributed by atoms with van der Waals surface area (Å²) in [4.78, 5) is 43.7. The first kappa shape index (κ1) is 31.3. The molecule has 1 atom stereocenters. The molecule has 2 aliphatic rings. The summed E-state index contributed by atoms with van der Waals surface area (Å²) < 4.78 is 40.3. The molecule has 7 nitrogen and oxygen atoms in total. The molecule has 2 N–H and O–H groups in total. The summed E-state index contributed by atoms with van der Waals surface area (Å²) in [5.41, 5.74) is -0.0184. The predicted molar refractivity (Wildman–Crippen MR) is 153 cm³/mol. The number of nitrogens with one attached hydrogen (secondary N) is 1. The van der Waals surface area contributed by atoms with Crippen LogP contribution in [0.4, 0.5) is 13.2 Å². The Labute approximate surface area is 244 Å². The van der Waals surface area contributed by atoms with Crippen LogP contribution in [0.3, 0.4) is 0 Å². The number of carbonyl (C=O) groups is 3. The number of hydrogen-bond donors (Lipinski definition) is 2. The summed E-state index contributed by atoms with van der Waals surface area (Å²) in [6, 6.07) is 11.1. The van der Waals surface area contributed by atoms with Gasteiger partial charge >= 0.3 is 12.1 Å². The van der Waals surface area contributed by atoms with Crippen molar-refractivity contribution in [3.63, 3.8) is 0 Å². The second-order valence-electron chi connectivity index (χ2n) is 12.5. The third kappa shape index (κ3) is 7.02. The van der Waals surface area contributed by atoms with E-state index >= 15 is 0 Å². The van der Waals surface area contributed by atoms with Crippen LogP contribution < -0.4 is 5.32 Å². The molecular weight excluding hydrogens is 547 g/mol. The first-order chi connectivity index (χ1) is 19.6. The van der Waals surface area contributed by atoms with Crippen molar-refractivity contribution in [3.05, 3.63) is 70.8 Å². The quantitative estimate of drug-likeness (QED) is 0.391. The van der Waals surface area contributed by atoms with Crippen LogP contribution in [-0.4, -0.2) is 51.8 Å². The highest BCUT2D eigenvalue weighted by Crippen LogP contribution is 2.46. The highest BCUT2D eigenvalue weighted by Gasteiger charge is 2.50. The molecule has 2 amide bonds. The fraction of sp³-hybridized carbons (Fsp3) is 0.500. The van der Waals surface area contributed by atoms with Crippen LogP contribution in [0.2, 0.25) is 0 Å². The number of nitrogens with zero attached hydrogens (tertiary/aromatic N) is 2. The average molecular weight is 586 g/mol. The molecular formula is C32H38F3N3O4. The van der Waals surface area contributed by atoms with Gasteiger partial charge in [0.05, 0.1) is 12.0 Å². The van der Waals surface area contributed by atoms with E-state index in [9.17, 15) is 27.6 Å². The maximum absolute atomic E-state index is 13.8. The Kier molecular flexibility index (Phi) is 8.85. The molecule has 2 aromatic carbocycles. The standard InChI is InChI=1S/C32H38F3N3O4/c1-20(18-26(39)40)36-28(41)22-10-8-21(9-11-22)14-17-38-29(42)27(23-6-5-7-25(19-23)32(33,34)35)37-31(38)15-12-24(13-16-31)30(2,3)4/h5-11,19-20,24H,12-18H2,1-4H3,(H,36,41)(H,39,40)/t20-,24?,31?/m1/s1. The minimum Gasteiger partial charge on any atom is -0.481 e. The van der Waals surface area contributed by atoms with Gasteiger partial charge in [-0.2, -0.15) is 13.2 Å². The Morgan fingerprint density at radius 2 is 1.74 bits per heavy atom. The zero-order chi connectivity index (χ0) is 30.9. The van der Waals surface area contributed by atoms with Crippen LogP contribution in [0, 0.1) is 11.3 Å². The Hall–Kier alpha value is -3.69. The van der Waals surface area contributed by atoms with Crippen LogP contribution in [-0.2, 0) is 22.2 Å². The van der Waals surface area contributed by atoms with E-state index in [1.54, 1.807) is 36.1 Å². The predicted octanol–water partition coefficient (Wildman–Crippen LogP) is 6.11. The zero-order valence-electron chi connectivity index (χ0n) is 24.4. The molecule has 1 fully saturated rings. The largest absolute Gasteiger partial charge is 0.481 e. The van der Waals surface area contributed by atoms with E-state index in [2.05, 4.69) is 26.1 Å². The van der Waals surface area contributed by atoms with E-state index in [0.717, 1.165) is 30.5 Å². The highest BCUT2D eigenvalue weighted by molar-refractivity contribution is 6.46. The van der Waals surface area contributed by atoms with Crippen LogP contribution in [0.1, 0.15) is 86.8 Å². The lowest BCUT2D eigenvalue weighted by Crippen LogP contribution is -2.50. The molecule has 1 spiro atoms. The molecule has 0 bridgehead atoms. The van der Waals surface area contributed by atoms with Gasteiger partial charge in [0.15, 0.2) is 0 Å². The summed E-state index contributed by atoms with van der Waals surface area (Å²) in [6.07, 6.45) is -1.26. The molecule has 226 valence electrons. The lowest BCUT2D eigenvalue weighted by molar-refractivity contribution is -0.138. The Bertz CT molecular complexity index is 1350. The van der Waals surface area contributed by atoms with E-state index in [-0.39, 0.29) is 34.9 Å². The molecule has 4 rings (SSSR count). The van der Waals surface area contributed by atoms with E-state index in [1.165, 1.54) is 12.1 Å². The van der Waals surface area contributed by atoms with Crippen molar-refractivity contribution in [2.75, 3.05) is 6.54 Å². The van der Waals surface area contributed by atoms with Crippen molar-refractivity contribution < 1.29 is 32.7 Å². The molecule has 0 unspecified atom stereocenters.